The zero-order valence-electron chi connectivity index (χ0n) is 21.4. The van der Waals surface area contributed by atoms with Crippen molar-refractivity contribution in [3.05, 3.63) is 96.2 Å². The number of nitrogens with zero attached hydrogens (tertiary/aromatic N) is 3. The second kappa shape index (κ2) is 11.0. The summed E-state index contributed by atoms with van der Waals surface area (Å²) in [5.41, 5.74) is 3.87. The van der Waals surface area contributed by atoms with Crippen molar-refractivity contribution in [2.75, 3.05) is 20.8 Å². The third-order valence-corrected chi connectivity index (χ3v) is 8.92. The maximum atomic E-state index is 13.8. The number of hydrogen-bond donors (Lipinski definition) is 0. The van der Waals surface area contributed by atoms with Gasteiger partial charge in [-0.15, -0.1) is 0 Å². The van der Waals surface area contributed by atoms with E-state index in [1.807, 2.05) is 30.5 Å². The van der Waals surface area contributed by atoms with E-state index >= 15 is 0 Å². The average molecular weight is 536 g/mol. The molecule has 0 N–H and O–H groups in total. The molecule has 0 spiro atoms. The monoisotopic (exact) mass is 535 g/mol. The van der Waals surface area contributed by atoms with Gasteiger partial charge in [-0.05, 0) is 60.7 Å². The largest absolute Gasteiger partial charge is 0.497 e. The van der Waals surface area contributed by atoms with Crippen LogP contribution in [-0.4, -0.2) is 43.0 Å². The van der Waals surface area contributed by atoms with Crippen LogP contribution in [0, 0.1) is 5.82 Å². The molecule has 0 bridgehead atoms. The van der Waals surface area contributed by atoms with E-state index in [4.69, 9.17) is 9.47 Å². The van der Waals surface area contributed by atoms with Crippen LogP contribution in [0.1, 0.15) is 30.0 Å². The molecule has 9 heteroatoms. The van der Waals surface area contributed by atoms with Gasteiger partial charge in [0.15, 0.2) is 0 Å². The van der Waals surface area contributed by atoms with Crippen molar-refractivity contribution >= 4 is 10.0 Å². The minimum absolute atomic E-state index is 0.0984. The Morgan fingerprint density at radius 2 is 1.84 bits per heavy atom. The maximum Gasteiger partial charge on any atom is 0.247 e. The molecule has 1 aliphatic rings. The van der Waals surface area contributed by atoms with Crippen LogP contribution in [0.25, 0.3) is 11.3 Å². The minimum atomic E-state index is -3.84. The molecular weight excluding hydrogens is 505 g/mol. The molecular formula is C29H30FN3O4S. The fourth-order valence-corrected chi connectivity index (χ4v) is 6.87. The van der Waals surface area contributed by atoms with Crippen LogP contribution in [0.5, 0.6) is 11.5 Å². The van der Waals surface area contributed by atoms with Gasteiger partial charge in [0.1, 0.15) is 22.2 Å². The van der Waals surface area contributed by atoms with E-state index in [0.717, 1.165) is 41.6 Å². The van der Waals surface area contributed by atoms with Crippen molar-refractivity contribution in [1.82, 2.24) is 13.9 Å². The van der Waals surface area contributed by atoms with E-state index < -0.39 is 10.0 Å². The SMILES string of the molecule is COc1ccc(OC)c(S(=O)(=O)N2CCCC2c2cccc(-c3cncn3CCc3ccc(F)cc3)c2)c1. The van der Waals surface area contributed by atoms with E-state index in [9.17, 15) is 12.8 Å². The Kier molecular flexibility index (Phi) is 7.49. The topological polar surface area (TPSA) is 73.7 Å². The Hall–Kier alpha value is -3.69. The van der Waals surface area contributed by atoms with E-state index in [0.29, 0.717) is 18.8 Å². The van der Waals surface area contributed by atoms with Crippen LogP contribution >= 0.6 is 0 Å². The van der Waals surface area contributed by atoms with Gasteiger partial charge in [0.05, 0.1) is 38.5 Å². The zero-order valence-corrected chi connectivity index (χ0v) is 22.2. The summed E-state index contributed by atoms with van der Waals surface area (Å²) >= 11 is 0. The lowest BCUT2D eigenvalue weighted by Gasteiger charge is -2.26. The van der Waals surface area contributed by atoms with Gasteiger partial charge in [-0.25, -0.2) is 17.8 Å². The van der Waals surface area contributed by atoms with Crippen LogP contribution in [0.3, 0.4) is 0 Å². The van der Waals surface area contributed by atoms with Gasteiger partial charge in [0.2, 0.25) is 10.0 Å². The van der Waals surface area contributed by atoms with Crippen LogP contribution in [0.15, 0.2) is 84.1 Å². The van der Waals surface area contributed by atoms with E-state index in [1.54, 1.807) is 34.9 Å². The average Bonchev–Trinajstić information content (AvgIpc) is 3.63. The Morgan fingerprint density at radius 1 is 1.03 bits per heavy atom. The lowest BCUT2D eigenvalue weighted by molar-refractivity contribution is 0.376. The van der Waals surface area contributed by atoms with Crippen LogP contribution in [0.4, 0.5) is 4.39 Å². The zero-order chi connectivity index (χ0) is 26.7. The number of sulfonamides is 1. The second-order valence-corrected chi connectivity index (χ2v) is 11.1. The normalized spacial score (nSPS) is 16.0. The Morgan fingerprint density at radius 3 is 2.61 bits per heavy atom. The molecule has 0 aliphatic carbocycles. The van der Waals surface area contributed by atoms with Crippen molar-refractivity contribution in [2.24, 2.45) is 0 Å². The molecule has 1 unspecified atom stereocenters. The van der Waals surface area contributed by atoms with Gasteiger partial charge < -0.3 is 14.0 Å². The fourth-order valence-electron chi connectivity index (χ4n) is 5.02. The maximum absolute atomic E-state index is 13.8. The van der Waals surface area contributed by atoms with E-state index in [2.05, 4.69) is 9.55 Å². The molecule has 1 saturated heterocycles. The summed E-state index contributed by atoms with van der Waals surface area (Å²) < 4.78 is 55.2. The molecule has 5 rings (SSSR count). The molecule has 3 aromatic carbocycles. The summed E-state index contributed by atoms with van der Waals surface area (Å²) in [4.78, 5) is 4.45. The molecule has 2 heterocycles. The van der Waals surface area contributed by atoms with Gasteiger partial charge in [0, 0.05) is 24.7 Å². The number of halogens is 1. The Balaban J connectivity index is 1.42. The first kappa shape index (κ1) is 25.9. The van der Waals surface area contributed by atoms with Crippen molar-refractivity contribution in [3.63, 3.8) is 0 Å². The van der Waals surface area contributed by atoms with Crippen LogP contribution in [0.2, 0.25) is 0 Å². The lowest BCUT2D eigenvalue weighted by Crippen LogP contribution is -2.31. The van der Waals surface area contributed by atoms with Gasteiger partial charge in [-0.3, -0.25) is 0 Å². The highest BCUT2D eigenvalue weighted by Crippen LogP contribution is 2.40. The molecule has 0 saturated carbocycles. The molecule has 0 amide bonds. The molecule has 1 fully saturated rings. The van der Waals surface area contributed by atoms with E-state index in [-0.39, 0.29) is 22.5 Å². The molecule has 198 valence electrons. The summed E-state index contributed by atoms with van der Waals surface area (Å²) in [6, 6.07) is 19.0. The second-order valence-electron chi connectivity index (χ2n) is 9.26. The summed E-state index contributed by atoms with van der Waals surface area (Å²) in [6.07, 6.45) is 5.82. The number of ether oxygens (including phenoxy) is 2. The van der Waals surface area contributed by atoms with Gasteiger partial charge >= 0.3 is 0 Å². The number of benzene rings is 3. The molecule has 4 aromatic rings. The number of aryl methyl sites for hydroxylation is 2. The van der Waals surface area contributed by atoms with Crippen molar-refractivity contribution in [2.45, 2.75) is 36.7 Å². The van der Waals surface area contributed by atoms with Gasteiger partial charge in [-0.2, -0.15) is 4.31 Å². The summed E-state index contributed by atoms with van der Waals surface area (Å²) in [6.45, 7) is 1.11. The standard InChI is InChI=1S/C29H30FN3O4S/c1-36-25-12-13-28(37-2)29(18-25)38(34,35)33-15-4-7-26(33)22-5-3-6-23(17-22)27-19-31-20-32(27)16-14-21-8-10-24(30)11-9-21/h3,5-6,8-13,17-20,26H,4,7,14-16H2,1-2H3. The number of hydrogen-bond acceptors (Lipinski definition) is 5. The summed E-state index contributed by atoms with van der Waals surface area (Å²) in [7, 11) is -0.874. The first-order valence-corrected chi connectivity index (χ1v) is 13.9. The first-order chi connectivity index (χ1) is 18.4. The van der Waals surface area contributed by atoms with Crippen LogP contribution in [-0.2, 0) is 23.0 Å². The van der Waals surface area contributed by atoms with Crippen molar-refractivity contribution in [3.8, 4) is 22.8 Å². The third kappa shape index (κ3) is 5.16. The minimum Gasteiger partial charge on any atom is -0.497 e. The highest BCUT2D eigenvalue weighted by molar-refractivity contribution is 7.89. The van der Waals surface area contributed by atoms with Crippen LogP contribution < -0.4 is 9.47 Å². The molecule has 0 radical (unpaired) electrons. The fraction of sp³-hybridized carbons (Fsp3) is 0.276. The third-order valence-electron chi connectivity index (χ3n) is 7.00. The van der Waals surface area contributed by atoms with Crippen molar-refractivity contribution < 1.29 is 22.3 Å². The summed E-state index contributed by atoms with van der Waals surface area (Å²) in [5.74, 6) is 0.493. The van der Waals surface area contributed by atoms with Gasteiger partial charge in [0.25, 0.3) is 0 Å². The highest BCUT2D eigenvalue weighted by Gasteiger charge is 2.38. The molecule has 1 atom stereocenters. The number of rotatable bonds is 9. The Bertz CT molecular complexity index is 1520. The number of imidazole rings is 1. The quantitative estimate of drug-likeness (QED) is 0.284. The smallest absolute Gasteiger partial charge is 0.247 e. The summed E-state index contributed by atoms with van der Waals surface area (Å²) in [5, 5.41) is 0. The molecule has 1 aromatic heterocycles. The molecule has 7 nitrogen and oxygen atoms in total. The predicted molar refractivity (Wildman–Crippen MR) is 143 cm³/mol. The number of methoxy groups -OCH3 is 2. The van der Waals surface area contributed by atoms with Gasteiger partial charge in [-0.1, -0.05) is 30.3 Å². The molecule has 38 heavy (non-hydrogen) atoms. The first-order valence-electron chi connectivity index (χ1n) is 12.5. The van der Waals surface area contributed by atoms with Crippen molar-refractivity contribution in [1.29, 1.82) is 0 Å². The predicted octanol–water partition coefficient (Wildman–Crippen LogP) is 5.47. The number of aromatic nitrogens is 2. The van der Waals surface area contributed by atoms with E-state index in [1.165, 1.54) is 32.4 Å². The molecule has 1 aliphatic heterocycles. The highest BCUT2D eigenvalue weighted by atomic mass is 32.2. The Labute approximate surface area is 222 Å². The lowest BCUT2D eigenvalue weighted by atomic mass is 10.0.